The summed E-state index contributed by atoms with van der Waals surface area (Å²) in [6.07, 6.45) is -0.133. The fourth-order valence-electron chi connectivity index (χ4n) is 2.01. The van der Waals surface area contributed by atoms with Crippen molar-refractivity contribution in [2.45, 2.75) is 33.1 Å². The standard InChI is InChI=1S/C15H17FN2O2/c1-8(2)15-17-12(7-13(19)20)14(18-15)10-4-5-11(16)9(3)6-10/h4-6,8H,7H2,1-3H3,(H,17,18)(H,19,20). The fourth-order valence-corrected chi connectivity index (χ4v) is 2.01. The Hall–Kier alpha value is -2.17. The minimum absolute atomic E-state index is 0.133. The number of benzene rings is 1. The zero-order chi connectivity index (χ0) is 14.9. The van der Waals surface area contributed by atoms with Crippen LogP contribution in [-0.2, 0) is 11.2 Å². The normalized spacial score (nSPS) is 11.1. The number of carbonyl (C=O) groups is 1. The highest BCUT2D eigenvalue weighted by Gasteiger charge is 2.17. The molecule has 0 atom stereocenters. The molecule has 2 aromatic rings. The molecule has 1 aromatic heterocycles. The smallest absolute Gasteiger partial charge is 0.309 e. The lowest BCUT2D eigenvalue weighted by atomic mass is 10.1. The number of carboxylic acid groups (broad SMARTS) is 1. The number of hydrogen-bond donors (Lipinski definition) is 2. The van der Waals surface area contributed by atoms with E-state index < -0.39 is 5.97 Å². The van der Waals surface area contributed by atoms with Crippen molar-refractivity contribution in [1.82, 2.24) is 9.97 Å². The predicted molar refractivity (Wildman–Crippen MR) is 74.1 cm³/mol. The third-order valence-corrected chi connectivity index (χ3v) is 3.10. The first-order valence-corrected chi connectivity index (χ1v) is 6.45. The molecule has 0 unspecified atom stereocenters. The van der Waals surface area contributed by atoms with Gasteiger partial charge in [-0.3, -0.25) is 4.79 Å². The highest BCUT2D eigenvalue weighted by atomic mass is 19.1. The monoisotopic (exact) mass is 276 g/mol. The molecule has 1 heterocycles. The van der Waals surface area contributed by atoms with Gasteiger partial charge in [0.2, 0.25) is 0 Å². The molecule has 2 rings (SSSR count). The van der Waals surface area contributed by atoms with Crippen LogP contribution in [0, 0.1) is 12.7 Å². The zero-order valence-electron chi connectivity index (χ0n) is 11.7. The summed E-state index contributed by atoms with van der Waals surface area (Å²) in [4.78, 5) is 18.5. The van der Waals surface area contributed by atoms with E-state index in [0.29, 0.717) is 17.0 Å². The van der Waals surface area contributed by atoms with E-state index in [-0.39, 0.29) is 18.2 Å². The van der Waals surface area contributed by atoms with E-state index in [1.54, 1.807) is 19.1 Å². The number of nitrogens with one attached hydrogen (secondary N) is 1. The van der Waals surface area contributed by atoms with E-state index >= 15 is 0 Å². The van der Waals surface area contributed by atoms with Gasteiger partial charge in [-0.2, -0.15) is 0 Å². The van der Waals surface area contributed by atoms with Crippen LogP contribution in [0.3, 0.4) is 0 Å². The number of imidazole rings is 1. The number of rotatable bonds is 4. The second kappa shape index (κ2) is 5.45. The van der Waals surface area contributed by atoms with E-state index in [1.165, 1.54) is 6.07 Å². The summed E-state index contributed by atoms with van der Waals surface area (Å²) in [6, 6.07) is 4.67. The number of aromatic nitrogens is 2. The lowest BCUT2D eigenvalue weighted by molar-refractivity contribution is -0.136. The van der Waals surface area contributed by atoms with E-state index in [0.717, 1.165) is 11.4 Å². The maximum Gasteiger partial charge on any atom is 0.309 e. The molecule has 0 aliphatic rings. The fraction of sp³-hybridized carbons (Fsp3) is 0.333. The molecule has 0 saturated carbocycles. The van der Waals surface area contributed by atoms with Crippen molar-refractivity contribution in [2.24, 2.45) is 0 Å². The number of halogens is 1. The van der Waals surface area contributed by atoms with Gasteiger partial charge in [-0.15, -0.1) is 0 Å². The largest absolute Gasteiger partial charge is 0.481 e. The van der Waals surface area contributed by atoms with Crippen LogP contribution in [0.25, 0.3) is 11.3 Å². The summed E-state index contributed by atoms with van der Waals surface area (Å²) < 4.78 is 13.3. The first-order valence-electron chi connectivity index (χ1n) is 6.45. The van der Waals surface area contributed by atoms with Crippen molar-refractivity contribution in [3.8, 4) is 11.3 Å². The van der Waals surface area contributed by atoms with E-state index in [2.05, 4.69) is 9.97 Å². The highest BCUT2D eigenvalue weighted by molar-refractivity contribution is 5.74. The molecule has 2 N–H and O–H groups in total. The molecule has 0 radical (unpaired) electrons. The average molecular weight is 276 g/mol. The average Bonchev–Trinajstić information content (AvgIpc) is 2.76. The first kappa shape index (κ1) is 14.2. The van der Waals surface area contributed by atoms with Gasteiger partial charge >= 0.3 is 5.97 Å². The first-order chi connectivity index (χ1) is 9.38. The molecule has 5 heteroatoms. The number of aromatic amines is 1. The van der Waals surface area contributed by atoms with E-state index in [9.17, 15) is 9.18 Å². The highest BCUT2D eigenvalue weighted by Crippen LogP contribution is 2.26. The van der Waals surface area contributed by atoms with Gasteiger partial charge in [0.15, 0.2) is 0 Å². The van der Waals surface area contributed by atoms with Gasteiger partial charge < -0.3 is 10.1 Å². The van der Waals surface area contributed by atoms with Gasteiger partial charge in [0.05, 0.1) is 17.8 Å². The molecule has 1 aromatic carbocycles. The number of aliphatic carboxylic acids is 1. The third kappa shape index (κ3) is 2.87. The van der Waals surface area contributed by atoms with Gasteiger partial charge in [-0.1, -0.05) is 13.8 Å². The molecule has 0 spiro atoms. The van der Waals surface area contributed by atoms with Gasteiger partial charge in [0.1, 0.15) is 11.6 Å². The van der Waals surface area contributed by atoms with Crippen LogP contribution in [0.15, 0.2) is 18.2 Å². The Balaban J connectivity index is 2.52. The number of hydrogen-bond acceptors (Lipinski definition) is 2. The van der Waals surface area contributed by atoms with Crippen molar-refractivity contribution in [1.29, 1.82) is 0 Å². The van der Waals surface area contributed by atoms with Crippen molar-refractivity contribution in [2.75, 3.05) is 0 Å². The lowest BCUT2D eigenvalue weighted by Crippen LogP contribution is -2.02. The third-order valence-electron chi connectivity index (χ3n) is 3.10. The molecule has 0 fully saturated rings. The van der Waals surface area contributed by atoms with Crippen molar-refractivity contribution in [3.05, 3.63) is 41.1 Å². The summed E-state index contributed by atoms with van der Waals surface area (Å²) in [5.74, 6) is -0.312. The maximum atomic E-state index is 13.3. The van der Waals surface area contributed by atoms with Crippen LogP contribution < -0.4 is 0 Å². The van der Waals surface area contributed by atoms with Crippen LogP contribution in [0.5, 0.6) is 0 Å². The minimum Gasteiger partial charge on any atom is -0.481 e. The predicted octanol–water partition coefficient (Wildman–Crippen LogP) is 3.27. The summed E-state index contributed by atoms with van der Waals surface area (Å²) in [5.41, 5.74) is 2.37. The van der Waals surface area contributed by atoms with Crippen LogP contribution >= 0.6 is 0 Å². The summed E-state index contributed by atoms with van der Waals surface area (Å²) >= 11 is 0. The zero-order valence-corrected chi connectivity index (χ0v) is 11.7. The molecular formula is C15H17FN2O2. The van der Waals surface area contributed by atoms with Crippen LogP contribution in [-0.4, -0.2) is 21.0 Å². The molecule has 106 valence electrons. The second-order valence-electron chi connectivity index (χ2n) is 5.14. The quantitative estimate of drug-likeness (QED) is 0.900. The Morgan fingerprint density at radius 3 is 2.70 bits per heavy atom. The SMILES string of the molecule is Cc1cc(-c2nc(C(C)C)[nH]c2CC(=O)O)ccc1F. The summed E-state index contributed by atoms with van der Waals surface area (Å²) in [7, 11) is 0. The number of carboxylic acids is 1. The molecule has 4 nitrogen and oxygen atoms in total. The maximum absolute atomic E-state index is 13.3. The van der Waals surface area contributed by atoms with Crippen LogP contribution in [0.4, 0.5) is 4.39 Å². The second-order valence-corrected chi connectivity index (χ2v) is 5.14. The Kier molecular flexibility index (Phi) is 3.88. The van der Waals surface area contributed by atoms with Crippen LogP contribution in [0.2, 0.25) is 0 Å². The number of nitrogens with zero attached hydrogens (tertiary/aromatic N) is 1. The van der Waals surface area contributed by atoms with Crippen molar-refractivity contribution in [3.63, 3.8) is 0 Å². The van der Waals surface area contributed by atoms with Crippen molar-refractivity contribution < 1.29 is 14.3 Å². The molecular weight excluding hydrogens is 259 g/mol. The Bertz CT molecular complexity index is 647. The molecule has 0 saturated heterocycles. The number of aryl methyl sites for hydroxylation is 1. The summed E-state index contributed by atoms with van der Waals surface area (Å²) in [6.45, 7) is 5.62. The molecule has 20 heavy (non-hydrogen) atoms. The van der Waals surface area contributed by atoms with Gasteiger partial charge in [0, 0.05) is 11.5 Å². The Labute approximate surface area is 116 Å². The van der Waals surface area contributed by atoms with Gasteiger partial charge in [0.25, 0.3) is 0 Å². The minimum atomic E-state index is -0.927. The van der Waals surface area contributed by atoms with E-state index in [4.69, 9.17) is 5.11 Å². The summed E-state index contributed by atoms with van der Waals surface area (Å²) in [5, 5.41) is 8.98. The molecule has 0 aliphatic heterocycles. The van der Waals surface area contributed by atoms with Gasteiger partial charge in [-0.25, -0.2) is 9.37 Å². The number of H-pyrrole nitrogens is 1. The van der Waals surface area contributed by atoms with Gasteiger partial charge in [-0.05, 0) is 30.7 Å². The molecule has 0 aliphatic carbocycles. The van der Waals surface area contributed by atoms with Crippen molar-refractivity contribution >= 4 is 5.97 Å². The molecule has 0 bridgehead atoms. The lowest BCUT2D eigenvalue weighted by Gasteiger charge is -2.03. The molecule has 0 amide bonds. The van der Waals surface area contributed by atoms with Crippen LogP contribution in [0.1, 0.15) is 36.8 Å². The Morgan fingerprint density at radius 2 is 2.15 bits per heavy atom. The topological polar surface area (TPSA) is 66.0 Å². The van der Waals surface area contributed by atoms with E-state index in [1.807, 2.05) is 13.8 Å². The Morgan fingerprint density at radius 1 is 1.45 bits per heavy atom.